The number of nitrogens with two attached hydrogens (primary N) is 1. The molecule has 3 N–H and O–H groups in total. The topological polar surface area (TPSA) is 72.2 Å². The highest BCUT2D eigenvalue weighted by molar-refractivity contribution is 7.89. The molecule has 0 amide bonds. The molecule has 0 radical (unpaired) electrons. The van der Waals surface area contributed by atoms with Crippen LogP contribution in [0.5, 0.6) is 0 Å². The van der Waals surface area contributed by atoms with Crippen molar-refractivity contribution in [2.45, 2.75) is 18.7 Å². The number of rotatable bonds is 3. The minimum atomic E-state index is -3.57. The van der Waals surface area contributed by atoms with Gasteiger partial charge in [-0.15, -0.1) is 6.42 Å². The second-order valence-corrected chi connectivity index (χ2v) is 5.24. The smallest absolute Gasteiger partial charge is 0.241 e. The van der Waals surface area contributed by atoms with Gasteiger partial charge in [-0.05, 0) is 37.1 Å². The Kier molecular flexibility index (Phi) is 3.58. The molecule has 0 aliphatic rings. The largest absolute Gasteiger partial charge is 0.398 e. The second kappa shape index (κ2) is 4.56. The highest BCUT2D eigenvalue weighted by Gasteiger charge is 2.17. The molecule has 0 heterocycles. The molecule has 0 saturated carbocycles. The highest BCUT2D eigenvalue weighted by Crippen LogP contribution is 2.22. The van der Waals surface area contributed by atoms with Crippen LogP contribution >= 0.6 is 0 Å². The number of nitrogens with one attached hydrogen (secondary N) is 1. The summed E-state index contributed by atoms with van der Waals surface area (Å²) in [6.45, 7) is 3.42. The first-order chi connectivity index (χ1) is 7.38. The van der Waals surface area contributed by atoms with Crippen molar-refractivity contribution in [1.82, 2.24) is 4.72 Å². The van der Waals surface area contributed by atoms with Crippen molar-refractivity contribution in [2.75, 3.05) is 12.3 Å². The van der Waals surface area contributed by atoms with E-state index in [4.69, 9.17) is 12.2 Å². The zero-order chi connectivity index (χ0) is 12.3. The van der Waals surface area contributed by atoms with E-state index in [1.165, 1.54) is 0 Å². The summed E-state index contributed by atoms with van der Waals surface area (Å²) in [6, 6.07) is 3.31. The maximum atomic E-state index is 11.9. The third-order valence-electron chi connectivity index (χ3n) is 2.20. The predicted octanol–water partition coefficient (Wildman–Crippen LogP) is 0.797. The lowest BCUT2D eigenvalue weighted by molar-refractivity contribution is 0.585. The first kappa shape index (κ1) is 12.6. The summed E-state index contributed by atoms with van der Waals surface area (Å²) in [4.78, 5) is 0.181. The molecule has 1 aromatic carbocycles. The van der Waals surface area contributed by atoms with E-state index in [1.54, 1.807) is 26.0 Å². The van der Waals surface area contributed by atoms with Gasteiger partial charge in [0.25, 0.3) is 0 Å². The molecule has 0 aromatic heterocycles. The van der Waals surface area contributed by atoms with Crippen LogP contribution in [0.25, 0.3) is 0 Å². The van der Waals surface area contributed by atoms with Gasteiger partial charge >= 0.3 is 0 Å². The van der Waals surface area contributed by atoms with Gasteiger partial charge in [0.15, 0.2) is 0 Å². The SMILES string of the molecule is C#CCNS(=O)(=O)c1cc(C)cc(N)c1C. The fraction of sp³-hybridized carbons (Fsp3) is 0.273. The van der Waals surface area contributed by atoms with Crippen LogP contribution in [0, 0.1) is 26.2 Å². The first-order valence-corrected chi connectivity index (χ1v) is 6.16. The Hall–Kier alpha value is -1.51. The Balaban J connectivity index is 3.29. The summed E-state index contributed by atoms with van der Waals surface area (Å²) in [7, 11) is -3.57. The van der Waals surface area contributed by atoms with E-state index in [-0.39, 0.29) is 11.4 Å². The van der Waals surface area contributed by atoms with E-state index < -0.39 is 10.0 Å². The number of benzene rings is 1. The molecule has 0 atom stereocenters. The molecule has 0 spiro atoms. The van der Waals surface area contributed by atoms with E-state index in [0.29, 0.717) is 11.3 Å². The van der Waals surface area contributed by atoms with Crippen molar-refractivity contribution in [3.8, 4) is 12.3 Å². The number of terminal acetylenes is 1. The predicted molar refractivity (Wildman–Crippen MR) is 64.3 cm³/mol. The molecular formula is C11H14N2O2S. The maximum Gasteiger partial charge on any atom is 0.241 e. The fourth-order valence-electron chi connectivity index (χ4n) is 1.35. The third kappa shape index (κ3) is 2.54. The van der Waals surface area contributed by atoms with E-state index in [0.717, 1.165) is 5.56 Å². The van der Waals surface area contributed by atoms with Gasteiger partial charge in [-0.2, -0.15) is 4.72 Å². The molecule has 0 unspecified atom stereocenters. The second-order valence-electron chi connectivity index (χ2n) is 3.51. The molecule has 0 bridgehead atoms. The van der Waals surface area contributed by atoms with Gasteiger partial charge in [-0.3, -0.25) is 0 Å². The van der Waals surface area contributed by atoms with Gasteiger partial charge < -0.3 is 5.73 Å². The molecule has 0 aliphatic heterocycles. The van der Waals surface area contributed by atoms with Gasteiger partial charge in [0.05, 0.1) is 11.4 Å². The highest BCUT2D eigenvalue weighted by atomic mass is 32.2. The molecule has 1 rings (SSSR count). The van der Waals surface area contributed by atoms with Crippen molar-refractivity contribution in [1.29, 1.82) is 0 Å². The lowest BCUT2D eigenvalue weighted by atomic mass is 10.1. The number of nitrogen functional groups attached to an aromatic ring is 1. The summed E-state index contributed by atoms with van der Waals surface area (Å²) < 4.78 is 26.0. The number of hydrogen-bond acceptors (Lipinski definition) is 3. The number of aryl methyl sites for hydroxylation is 1. The molecule has 0 fully saturated rings. The molecule has 4 nitrogen and oxygen atoms in total. The summed E-state index contributed by atoms with van der Waals surface area (Å²) in [5, 5.41) is 0. The van der Waals surface area contributed by atoms with Gasteiger partial charge in [0.2, 0.25) is 10.0 Å². The van der Waals surface area contributed by atoms with Crippen LogP contribution < -0.4 is 10.5 Å². The lowest BCUT2D eigenvalue weighted by Crippen LogP contribution is -2.25. The Labute approximate surface area is 95.9 Å². The van der Waals surface area contributed by atoms with Gasteiger partial charge in [-0.25, -0.2) is 8.42 Å². The third-order valence-corrected chi connectivity index (χ3v) is 3.73. The van der Waals surface area contributed by atoms with E-state index in [9.17, 15) is 8.42 Å². The average molecular weight is 238 g/mol. The average Bonchev–Trinajstić information content (AvgIpc) is 2.20. The Morgan fingerprint density at radius 2 is 2.06 bits per heavy atom. The quantitative estimate of drug-likeness (QED) is 0.604. The lowest BCUT2D eigenvalue weighted by Gasteiger charge is -2.10. The van der Waals surface area contributed by atoms with Crippen molar-refractivity contribution in [3.05, 3.63) is 23.3 Å². The standard InChI is InChI=1S/C11H14N2O2S/c1-4-5-13-16(14,15)11-7-8(2)6-10(12)9(11)3/h1,6-7,13H,5,12H2,2-3H3. The van der Waals surface area contributed by atoms with Crippen LogP contribution in [0.15, 0.2) is 17.0 Å². The number of sulfonamides is 1. The van der Waals surface area contributed by atoms with Crippen molar-refractivity contribution < 1.29 is 8.42 Å². The van der Waals surface area contributed by atoms with E-state index in [2.05, 4.69) is 10.6 Å². The van der Waals surface area contributed by atoms with Gasteiger partial charge in [0.1, 0.15) is 0 Å². The van der Waals surface area contributed by atoms with Gasteiger partial charge in [-0.1, -0.05) is 5.92 Å². The molecule has 86 valence electrons. The normalized spacial score (nSPS) is 11.1. The number of hydrogen-bond donors (Lipinski definition) is 2. The van der Waals surface area contributed by atoms with E-state index in [1.807, 2.05) is 0 Å². The monoisotopic (exact) mass is 238 g/mol. The van der Waals surface area contributed by atoms with Crippen LogP contribution in [0.4, 0.5) is 5.69 Å². The molecule has 5 heteroatoms. The van der Waals surface area contributed by atoms with E-state index >= 15 is 0 Å². The van der Waals surface area contributed by atoms with Crippen LogP contribution in [0.1, 0.15) is 11.1 Å². The first-order valence-electron chi connectivity index (χ1n) is 4.68. The van der Waals surface area contributed by atoms with Gasteiger partial charge in [0, 0.05) is 5.69 Å². The van der Waals surface area contributed by atoms with Crippen LogP contribution in [-0.2, 0) is 10.0 Å². The molecule has 16 heavy (non-hydrogen) atoms. The van der Waals surface area contributed by atoms with Crippen molar-refractivity contribution >= 4 is 15.7 Å². The minimum Gasteiger partial charge on any atom is -0.398 e. The zero-order valence-corrected chi connectivity index (χ0v) is 10.1. The Morgan fingerprint density at radius 1 is 1.44 bits per heavy atom. The summed E-state index contributed by atoms with van der Waals surface area (Å²) in [5.41, 5.74) is 7.51. The van der Waals surface area contributed by atoms with Crippen molar-refractivity contribution in [3.63, 3.8) is 0 Å². The van der Waals surface area contributed by atoms with Crippen LogP contribution in [-0.4, -0.2) is 15.0 Å². The molecule has 0 saturated heterocycles. The summed E-state index contributed by atoms with van der Waals surface area (Å²) in [6.07, 6.45) is 5.01. The number of anilines is 1. The summed E-state index contributed by atoms with van der Waals surface area (Å²) >= 11 is 0. The van der Waals surface area contributed by atoms with Crippen LogP contribution in [0.2, 0.25) is 0 Å². The Morgan fingerprint density at radius 3 is 2.62 bits per heavy atom. The molecular weight excluding hydrogens is 224 g/mol. The minimum absolute atomic E-state index is 0.0321. The summed E-state index contributed by atoms with van der Waals surface area (Å²) in [5.74, 6) is 2.22. The molecule has 0 aliphatic carbocycles. The fourth-order valence-corrected chi connectivity index (χ4v) is 2.64. The van der Waals surface area contributed by atoms with Crippen LogP contribution in [0.3, 0.4) is 0 Å². The van der Waals surface area contributed by atoms with Crippen molar-refractivity contribution in [2.24, 2.45) is 0 Å². The molecule has 1 aromatic rings. The Bertz CT molecular complexity index is 542. The zero-order valence-electron chi connectivity index (χ0n) is 9.24. The maximum absolute atomic E-state index is 11.9.